The van der Waals surface area contributed by atoms with Gasteiger partial charge in [-0.25, -0.2) is 4.98 Å². The van der Waals surface area contributed by atoms with E-state index in [-0.39, 0.29) is 5.91 Å². The predicted octanol–water partition coefficient (Wildman–Crippen LogP) is 3.72. The van der Waals surface area contributed by atoms with Crippen molar-refractivity contribution in [1.82, 2.24) is 14.8 Å². The lowest BCUT2D eigenvalue weighted by molar-refractivity contribution is -0.111. The molecule has 1 amide bonds. The average Bonchev–Trinajstić information content (AvgIpc) is 3.16. The molecule has 0 saturated heterocycles. The second-order valence-electron chi connectivity index (χ2n) is 5.80. The van der Waals surface area contributed by atoms with Gasteiger partial charge < -0.3 is 10.1 Å². The van der Waals surface area contributed by atoms with Gasteiger partial charge in [-0.05, 0) is 26.0 Å². The molecule has 0 unspecified atom stereocenters. The Hall–Kier alpha value is -2.93. The van der Waals surface area contributed by atoms with Gasteiger partial charge in [0.1, 0.15) is 18.2 Å². The van der Waals surface area contributed by atoms with Crippen LogP contribution in [0.25, 0.3) is 6.08 Å². The number of para-hydroxylation sites is 1. The number of nitrogens with one attached hydrogen (secondary N) is 1. The fourth-order valence-corrected chi connectivity index (χ4v) is 3.03. The van der Waals surface area contributed by atoms with Crippen molar-refractivity contribution in [3.05, 3.63) is 63.7 Å². The highest BCUT2D eigenvalue weighted by molar-refractivity contribution is 7.09. The molecular formula is C19H20N4O2S. The zero-order valence-corrected chi connectivity index (χ0v) is 15.7. The lowest BCUT2D eigenvalue weighted by atomic mass is 10.2. The molecule has 1 N–H and O–H groups in total. The molecule has 3 aromatic rings. The smallest absolute Gasteiger partial charge is 0.249 e. The maximum absolute atomic E-state index is 12.2. The molecule has 0 aliphatic heterocycles. The van der Waals surface area contributed by atoms with Crippen LogP contribution < -0.4 is 10.1 Å². The summed E-state index contributed by atoms with van der Waals surface area (Å²) in [4.78, 5) is 16.5. The third-order valence-corrected chi connectivity index (χ3v) is 4.45. The van der Waals surface area contributed by atoms with Gasteiger partial charge in [0.2, 0.25) is 5.91 Å². The Morgan fingerprint density at radius 3 is 2.85 bits per heavy atom. The summed E-state index contributed by atoms with van der Waals surface area (Å²) in [5, 5.41) is 10.0. The van der Waals surface area contributed by atoms with Crippen molar-refractivity contribution in [2.75, 3.05) is 5.32 Å². The van der Waals surface area contributed by atoms with Gasteiger partial charge in [0.15, 0.2) is 0 Å². The van der Waals surface area contributed by atoms with E-state index in [9.17, 15) is 4.79 Å². The van der Waals surface area contributed by atoms with Gasteiger partial charge in [0.05, 0.1) is 16.4 Å². The normalized spacial score (nSPS) is 11.0. The number of rotatable bonds is 6. The summed E-state index contributed by atoms with van der Waals surface area (Å²) < 4.78 is 7.49. The number of carbonyl (C=O) groups excluding carboxylic acids is 1. The Morgan fingerprint density at radius 2 is 2.15 bits per heavy atom. The number of aryl methyl sites for hydroxylation is 3. The van der Waals surface area contributed by atoms with Crippen molar-refractivity contribution in [3.63, 3.8) is 0 Å². The van der Waals surface area contributed by atoms with Crippen LogP contribution in [0.15, 0.2) is 41.8 Å². The molecule has 3 rings (SSSR count). The molecule has 0 spiro atoms. The number of thiazole rings is 1. The van der Waals surface area contributed by atoms with Crippen LogP contribution in [0, 0.1) is 13.8 Å². The third-order valence-electron chi connectivity index (χ3n) is 3.63. The van der Waals surface area contributed by atoms with Crippen molar-refractivity contribution in [1.29, 1.82) is 0 Å². The van der Waals surface area contributed by atoms with Crippen molar-refractivity contribution in [2.24, 2.45) is 7.05 Å². The average molecular weight is 368 g/mol. The van der Waals surface area contributed by atoms with Crippen molar-refractivity contribution in [3.8, 4) is 5.75 Å². The zero-order chi connectivity index (χ0) is 18.5. The van der Waals surface area contributed by atoms with Crippen LogP contribution in [-0.4, -0.2) is 20.7 Å². The first-order valence-electron chi connectivity index (χ1n) is 8.14. The summed E-state index contributed by atoms with van der Waals surface area (Å²) in [6.45, 7) is 4.24. The van der Waals surface area contributed by atoms with Crippen molar-refractivity contribution < 1.29 is 9.53 Å². The molecule has 0 aliphatic rings. The summed E-state index contributed by atoms with van der Waals surface area (Å²) in [5.74, 6) is 1.14. The van der Waals surface area contributed by atoms with Crippen LogP contribution in [0.3, 0.4) is 0 Å². The Labute approximate surface area is 156 Å². The monoisotopic (exact) mass is 368 g/mol. The molecule has 2 heterocycles. The molecule has 0 bridgehead atoms. The predicted molar refractivity (Wildman–Crippen MR) is 103 cm³/mol. The van der Waals surface area contributed by atoms with Crippen LogP contribution in [0.1, 0.15) is 22.0 Å². The SMILES string of the molecule is Cc1cc(NC(=O)C=Cc2ccccc2OCc2csc(C)n2)n(C)n1. The minimum absolute atomic E-state index is 0.224. The van der Waals surface area contributed by atoms with E-state index < -0.39 is 0 Å². The molecule has 0 radical (unpaired) electrons. The standard InChI is InChI=1S/C19H20N4O2S/c1-13-10-18(23(3)22-13)21-19(24)9-8-15-6-4-5-7-17(15)25-11-16-12-26-14(2)20-16/h4-10,12H,11H2,1-3H3,(H,21,24). The van der Waals surface area contributed by atoms with Crippen LogP contribution in [0.2, 0.25) is 0 Å². The fraction of sp³-hybridized carbons (Fsp3) is 0.211. The lowest BCUT2D eigenvalue weighted by Crippen LogP contribution is -2.11. The van der Waals surface area contributed by atoms with E-state index in [1.54, 1.807) is 29.1 Å². The van der Waals surface area contributed by atoms with Gasteiger partial charge in [-0.15, -0.1) is 11.3 Å². The number of carbonyl (C=O) groups is 1. The Balaban J connectivity index is 1.66. The summed E-state index contributed by atoms with van der Waals surface area (Å²) in [6.07, 6.45) is 3.22. The van der Waals surface area contributed by atoms with E-state index in [1.165, 1.54) is 6.08 Å². The van der Waals surface area contributed by atoms with Gasteiger partial charge in [0, 0.05) is 30.1 Å². The number of hydrogen-bond acceptors (Lipinski definition) is 5. The van der Waals surface area contributed by atoms with Crippen LogP contribution in [0.4, 0.5) is 5.82 Å². The Kier molecular flexibility index (Phi) is 5.48. The van der Waals surface area contributed by atoms with Crippen LogP contribution in [0.5, 0.6) is 5.75 Å². The number of benzene rings is 1. The Bertz CT molecular complexity index is 943. The summed E-state index contributed by atoms with van der Waals surface area (Å²) >= 11 is 1.60. The summed E-state index contributed by atoms with van der Waals surface area (Å²) in [5.41, 5.74) is 2.58. The number of anilines is 1. The van der Waals surface area contributed by atoms with E-state index in [4.69, 9.17) is 4.74 Å². The van der Waals surface area contributed by atoms with Gasteiger partial charge in [-0.2, -0.15) is 5.10 Å². The molecule has 6 nitrogen and oxygen atoms in total. The zero-order valence-electron chi connectivity index (χ0n) is 14.9. The highest BCUT2D eigenvalue weighted by Crippen LogP contribution is 2.21. The first-order valence-corrected chi connectivity index (χ1v) is 9.02. The highest BCUT2D eigenvalue weighted by atomic mass is 32.1. The second-order valence-corrected chi connectivity index (χ2v) is 6.86. The molecule has 0 saturated carbocycles. The second kappa shape index (κ2) is 7.97. The minimum Gasteiger partial charge on any atom is -0.487 e. The molecular weight excluding hydrogens is 348 g/mol. The topological polar surface area (TPSA) is 69.0 Å². The maximum Gasteiger partial charge on any atom is 0.249 e. The summed E-state index contributed by atoms with van der Waals surface area (Å²) in [7, 11) is 1.79. The molecule has 0 fully saturated rings. The third kappa shape index (κ3) is 4.58. The van der Waals surface area contributed by atoms with E-state index >= 15 is 0 Å². The van der Waals surface area contributed by atoms with Gasteiger partial charge in [-0.3, -0.25) is 9.48 Å². The first kappa shape index (κ1) is 17.9. The number of nitrogens with zero attached hydrogens (tertiary/aromatic N) is 3. The summed E-state index contributed by atoms with van der Waals surface area (Å²) in [6, 6.07) is 9.40. The quantitative estimate of drug-likeness (QED) is 0.673. The highest BCUT2D eigenvalue weighted by Gasteiger charge is 2.06. The Morgan fingerprint density at radius 1 is 1.35 bits per heavy atom. The van der Waals surface area contributed by atoms with Gasteiger partial charge in [0.25, 0.3) is 0 Å². The fourth-order valence-electron chi connectivity index (χ4n) is 2.44. The van der Waals surface area contributed by atoms with E-state index in [0.29, 0.717) is 18.2 Å². The first-order chi connectivity index (χ1) is 12.5. The van der Waals surface area contributed by atoms with Crippen LogP contribution >= 0.6 is 11.3 Å². The van der Waals surface area contributed by atoms with Crippen molar-refractivity contribution >= 4 is 29.1 Å². The van der Waals surface area contributed by atoms with Crippen LogP contribution in [-0.2, 0) is 18.4 Å². The largest absolute Gasteiger partial charge is 0.487 e. The molecule has 2 aromatic heterocycles. The minimum atomic E-state index is -0.224. The molecule has 0 aliphatic carbocycles. The molecule has 134 valence electrons. The van der Waals surface area contributed by atoms with Crippen molar-refractivity contribution in [2.45, 2.75) is 20.5 Å². The van der Waals surface area contributed by atoms with Gasteiger partial charge >= 0.3 is 0 Å². The van der Waals surface area contributed by atoms with E-state index in [1.807, 2.05) is 49.6 Å². The molecule has 26 heavy (non-hydrogen) atoms. The lowest BCUT2D eigenvalue weighted by Gasteiger charge is -2.08. The molecule has 1 aromatic carbocycles. The molecule has 7 heteroatoms. The molecule has 0 atom stereocenters. The van der Waals surface area contributed by atoms with E-state index in [0.717, 1.165) is 22.0 Å². The van der Waals surface area contributed by atoms with E-state index in [2.05, 4.69) is 15.4 Å². The number of ether oxygens (including phenoxy) is 1. The maximum atomic E-state index is 12.2. The number of aromatic nitrogens is 3. The number of hydrogen-bond donors (Lipinski definition) is 1. The number of amides is 1. The van der Waals surface area contributed by atoms with Gasteiger partial charge in [-0.1, -0.05) is 18.2 Å².